The summed E-state index contributed by atoms with van der Waals surface area (Å²) in [6.07, 6.45) is 0.667. The van der Waals surface area contributed by atoms with E-state index in [-0.39, 0.29) is 5.41 Å². The lowest BCUT2D eigenvalue weighted by molar-refractivity contribution is 0.264. The van der Waals surface area contributed by atoms with Gasteiger partial charge in [-0.05, 0) is 39.3 Å². The minimum absolute atomic E-state index is 0.375. The summed E-state index contributed by atoms with van der Waals surface area (Å²) in [5, 5.41) is 20.7. The van der Waals surface area contributed by atoms with Gasteiger partial charge in [-0.2, -0.15) is 5.26 Å². The first-order valence-corrected chi connectivity index (χ1v) is 5.81. The maximum atomic E-state index is 8.89. The molecule has 18 heavy (non-hydrogen) atoms. The topological polar surface area (TPSA) is 65.6 Å². The van der Waals surface area contributed by atoms with Crippen LogP contribution in [0.5, 0.6) is 5.75 Å². The molecule has 4 nitrogen and oxygen atoms in total. The lowest BCUT2D eigenvalue weighted by atomic mass is 9.92. The second-order valence-corrected chi connectivity index (χ2v) is 4.81. The number of rotatable bonds is 5. The summed E-state index contributed by atoms with van der Waals surface area (Å²) in [7, 11) is 0. The fraction of sp³-hybridized carbons (Fsp3) is 0.429. The highest BCUT2D eigenvalue weighted by atomic mass is 16.5. The molecule has 1 rings (SSSR count). The minimum Gasteiger partial charge on any atom is -0.494 e. The van der Waals surface area contributed by atoms with E-state index in [1.54, 1.807) is 6.92 Å². The van der Waals surface area contributed by atoms with Gasteiger partial charge in [-0.15, -0.1) is 0 Å². The first-order chi connectivity index (χ1) is 8.48. The molecular weight excluding hydrogens is 228 g/mol. The third-order valence-corrected chi connectivity index (χ3v) is 2.70. The van der Waals surface area contributed by atoms with Crippen LogP contribution < -0.4 is 4.74 Å². The van der Waals surface area contributed by atoms with Gasteiger partial charge in [0.25, 0.3) is 0 Å². The molecule has 0 radical (unpaired) electrons. The molecule has 0 aliphatic heterocycles. The van der Waals surface area contributed by atoms with Gasteiger partial charge in [-0.1, -0.05) is 17.3 Å². The molecule has 0 aromatic heterocycles. The predicted molar refractivity (Wildman–Crippen MR) is 69.9 cm³/mol. The van der Waals surface area contributed by atoms with E-state index in [0.717, 1.165) is 5.56 Å². The normalized spacial score (nSPS) is 12.0. The van der Waals surface area contributed by atoms with E-state index in [4.69, 9.17) is 15.2 Å². The maximum Gasteiger partial charge on any atom is 0.119 e. The van der Waals surface area contributed by atoms with Gasteiger partial charge in [0.2, 0.25) is 0 Å². The van der Waals surface area contributed by atoms with E-state index in [1.165, 1.54) is 0 Å². The van der Waals surface area contributed by atoms with Crippen LogP contribution in [0.1, 0.15) is 32.8 Å². The highest BCUT2D eigenvalue weighted by Crippen LogP contribution is 2.20. The standard InChI is InChI=1S/C14H18N2O2/c1-11(16-17)12-5-4-6-13(9-12)18-8-7-14(2,3)10-15/h4-6,9,17H,7-8H2,1-3H3. The Morgan fingerprint density at radius 3 is 2.83 bits per heavy atom. The Kier molecular flexibility index (Phi) is 4.73. The molecule has 96 valence electrons. The van der Waals surface area contributed by atoms with Crippen LogP contribution in [0.25, 0.3) is 0 Å². The van der Waals surface area contributed by atoms with Crippen molar-refractivity contribution in [1.29, 1.82) is 5.26 Å². The van der Waals surface area contributed by atoms with Crippen molar-refractivity contribution < 1.29 is 9.94 Å². The Morgan fingerprint density at radius 1 is 1.50 bits per heavy atom. The van der Waals surface area contributed by atoms with Crippen LogP contribution in [0.15, 0.2) is 29.4 Å². The Bertz CT molecular complexity index is 473. The molecule has 0 aliphatic rings. The molecule has 0 unspecified atom stereocenters. The third kappa shape index (κ3) is 4.10. The number of nitrogens with zero attached hydrogens (tertiary/aromatic N) is 2. The molecule has 0 spiro atoms. The molecule has 1 aromatic rings. The number of benzene rings is 1. The van der Waals surface area contributed by atoms with E-state index in [0.29, 0.717) is 24.5 Å². The highest BCUT2D eigenvalue weighted by Gasteiger charge is 2.16. The number of hydrogen-bond acceptors (Lipinski definition) is 4. The van der Waals surface area contributed by atoms with Crippen LogP contribution in [-0.4, -0.2) is 17.5 Å². The van der Waals surface area contributed by atoms with Crippen LogP contribution in [-0.2, 0) is 0 Å². The summed E-state index contributed by atoms with van der Waals surface area (Å²) in [4.78, 5) is 0. The van der Waals surface area contributed by atoms with Crippen molar-refractivity contribution in [2.24, 2.45) is 10.6 Å². The van der Waals surface area contributed by atoms with Gasteiger partial charge in [0, 0.05) is 5.56 Å². The van der Waals surface area contributed by atoms with Crippen LogP contribution in [0.3, 0.4) is 0 Å². The fourth-order valence-corrected chi connectivity index (χ4v) is 1.35. The van der Waals surface area contributed by atoms with Crippen LogP contribution in [0.4, 0.5) is 0 Å². The predicted octanol–water partition coefficient (Wildman–Crippen LogP) is 3.20. The monoisotopic (exact) mass is 246 g/mol. The minimum atomic E-state index is -0.375. The fourth-order valence-electron chi connectivity index (χ4n) is 1.35. The summed E-state index contributed by atoms with van der Waals surface area (Å²) in [5.74, 6) is 0.712. The number of ether oxygens (including phenoxy) is 1. The average molecular weight is 246 g/mol. The van der Waals surface area contributed by atoms with Gasteiger partial charge in [-0.25, -0.2) is 0 Å². The molecule has 4 heteroatoms. The number of nitriles is 1. The molecule has 0 bridgehead atoms. The first-order valence-electron chi connectivity index (χ1n) is 5.81. The molecule has 0 amide bonds. The average Bonchev–Trinajstić information content (AvgIpc) is 2.38. The first kappa shape index (κ1) is 14.0. The maximum absolute atomic E-state index is 8.89. The van der Waals surface area contributed by atoms with Crippen LogP contribution >= 0.6 is 0 Å². The summed E-state index contributed by atoms with van der Waals surface area (Å²) in [6, 6.07) is 9.58. The van der Waals surface area contributed by atoms with E-state index < -0.39 is 0 Å². The van der Waals surface area contributed by atoms with Gasteiger partial charge in [0.15, 0.2) is 0 Å². The third-order valence-electron chi connectivity index (χ3n) is 2.70. The second-order valence-electron chi connectivity index (χ2n) is 4.81. The molecule has 0 aliphatic carbocycles. The molecule has 0 saturated heterocycles. The van der Waals surface area contributed by atoms with Crippen molar-refractivity contribution >= 4 is 5.71 Å². The van der Waals surface area contributed by atoms with Gasteiger partial charge < -0.3 is 9.94 Å². The second kappa shape index (κ2) is 6.06. The van der Waals surface area contributed by atoms with Gasteiger partial charge in [0.1, 0.15) is 5.75 Å². The Balaban J connectivity index is 2.62. The van der Waals surface area contributed by atoms with Crippen molar-refractivity contribution in [3.05, 3.63) is 29.8 Å². The summed E-state index contributed by atoms with van der Waals surface area (Å²) in [6.45, 7) is 5.97. The van der Waals surface area contributed by atoms with Crippen molar-refractivity contribution in [1.82, 2.24) is 0 Å². The van der Waals surface area contributed by atoms with Crippen molar-refractivity contribution in [3.63, 3.8) is 0 Å². The Morgan fingerprint density at radius 2 is 2.22 bits per heavy atom. The zero-order chi connectivity index (χ0) is 13.6. The van der Waals surface area contributed by atoms with E-state index in [9.17, 15) is 0 Å². The summed E-state index contributed by atoms with van der Waals surface area (Å²) >= 11 is 0. The van der Waals surface area contributed by atoms with Gasteiger partial charge in [0.05, 0.1) is 23.8 Å². The lowest BCUT2D eigenvalue weighted by Crippen LogP contribution is -2.13. The van der Waals surface area contributed by atoms with Crippen molar-refractivity contribution in [3.8, 4) is 11.8 Å². The summed E-state index contributed by atoms with van der Waals surface area (Å²) in [5.41, 5.74) is 0.979. The zero-order valence-electron chi connectivity index (χ0n) is 11.0. The quantitative estimate of drug-likeness (QED) is 0.493. The van der Waals surface area contributed by atoms with Gasteiger partial charge in [-0.3, -0.25) is 0 Å². The largest absolute Gasteiger partial charge is 0.494 e. The number of hydrogen-bond donors (Lipinski definition) is 1. The Labute approximate surface area is 108 Å². The molecule has 0 heterocycles. The molecule has 0 saturated carbocycles. The summed E-state index contributed by atoms with van der Waals surface area (Å²) < 4.78 is 5.59. The molecule has 0 atom stereocenters. The zero-order valence-corrected chi connectivity index (χ0v) is 11.0. The van der Waals surface area contributed by atoms with E-state index in [1.807, 2.05) is 38.1 Å². The highest BCUT2D eigenvalue weighted by molar-refractivity contribution is 5.98. The number of oxime groups is 1. The SMILES string of the molecule is CC(=NO)c1cccc(OCCC(C)(C)C#N)c1. The van der Waals surface area contributed by atoms with Crippen molar-refractivity contribution in [2.45, 2.75) is 27.2 Å². The van der Waals surface area contributed by atoms with E-state index >= 15 is 0 Å². The molecule has 1 aromatic carbocycles. The van der Waals surface area contributed by atoms with Crippen molar-refractivity contribution in [2.75, 3.05) is 6.61 Å². The van der Waals surface area contributed by atoms with Gasteiger partial charge >= 0.3 is 0 Å². The molecule has 1 N–H and O–H groups in total. The lowest BCUT2D eigenvalue weighted by Gasteiger charge is -2.15. The molecular formula is C14H18N2O2. The smallest absolute Gasteiger partial charge is 0.119 e. The Hall–Kier alpha value is -2.02. The van der Waals surface area contributed by atoms with E-state index in [2.05, 4.69) is 11.2 Å². The molecule has 0 fully saturated rings. The van der Waals surface area contributed by atoms with Crippen LogP contribution in [0.2, 0.25) is 0 Å². The van der Waals surface area contributed by atoms with Crippen LogP contribution in [0, 0.1) is 16.7 Å².